The van der Waals surface area contributed by atoms with E-state index in [1.165, 1.54) is 0 Å². The van der Waals surface area contributed by atoms with Crippen LogP contribution in [0.25, 0.3) is 0 Å². The third kappa shape index (κ3) is 3.80. The minimum absolute atomic E-state index is 0.0903. The fraction of sp³-hybridized carbons (Fsp3) is 0.364. The number of para-hydroxylation sites is 1. The summed E-state index contributed by atoms with van der Waals surface area (Å²) in [6.45, 7) is 3.79. The number of anilines is 1. The molecule has 4 heteroatoms. The molecule has 0 aliphatic rings. The molecule has 0 aliphatic heterocycles. The molecule has 1 rings (SSSR count). The van der Waals surface area contributed by atoms with Crippen molar-refractivity contribution in [1.29, 1.82) is 0 Å². The van der Waals surface area contributed by atoms with Crippen LogP contribution in [0.5, 0.6) is 0 Å². The molecule has 0 heterocycles. The number of carbonyl (C=O) groups is 1. The lowest BCUT2D eigenvalue weighted by molar-refractivity contribution is 0.118. The molecule has 1 aromatic rings. The number of nitrogens with one attached hydrogen (secondary N) is 1. The van der Waals surface area contributed by atoms with Gasteiger partial charge in [0, 0.05) is 0 Å². The van der Waals surface area contributed by atoms with Crippen molar-refractivity contribution in [2.24, 2.45) is 0 Å². The Morgan fingerprint density at radius 2 is 2.20 bits per heavy atom. The standard InChI is InChI=1S/C11H14ClNO2/c1-3-8(2)15-11(14)13-10-7-5-4-6-9(10)12/h4-8H,3H2,1-2H3,(H,13,14)/t8-/m0/s1. The van der Waals surface area contributed by atoms with Crippen LogP contribution in [-0.2, 0) is 4.74 Å². The van der Waals surface area contributed by atoms with E-state index in [0.717, 1.165) is 6.42 Å². The first kappa shape index (κ1) is 11.9. The van der Waals surface area contributed by atoms with Crippen molar-refractivity contribution >= 4 is 23.4 Å². The van der Waals surface area contributed by atoms with Crippen LogP contribution in [0.15, 0.2) is 24.3 Å². The van der Waals surface area contributed by atoms with Crippen LogP contribution >= 0.6 is 11.6 Å². The molecule has 0 unspecified atom stereocenters. The highest BCUT2D eigenvalue weighted by Gasteiger charge is 2.08. The molecule has 0 bridgehead atoms. The van der Waals surface area contributed by atoms with Crippen LogP contribution in [0.1, 0.15) is 20.3 Å². The molecule has 82 valence electrons. The molecule has 0 aromatic heterocycles. The van der Waals surface area contributed by atoms with E-state index in [-0.39, 0.29) is 6.10 Å². The van der Waals surface area contributed by atoms with Gasteiger partial charge in [0.1, 0.15) is 6.10 Å². The zero-order valence-corrected chi connectivity index (χ0v) is 9.54. The molecule has 0 fully saturated rings. The topological polar surface area (TPSA) is 38.3 Å². The van der Waals surface area contributed by atoms with E-state index in [4.69, 9.17) is 16.3 Å². The maximum Gasteiger partial charge on any atom is 0.411 e. The number of hydrogen-bond acceptors (Lipinski definition) is 2. The molecule has 0 radical (unpaired) electrons. The smallest absolute Gasteiger partial charge is 0.411 e. The summed E-state index contributed by atoms with van der Waals surface area (Å²) in [5.41, 5.74) is 0.562. The molecule has 1 atom stereocenters. The van der Waals surface area contributed by atoms with Crippen LogP contribution in [0, 0.1) is 0 Å². The van der Waals surface area contributed by atoms with Crippen molar-refractivity contribution < 1.29 is 9.53 Å². The largest absolute Gasteiger partial charge is 0.446 e. The van der Waals surface area contributed by atoms with Gasteiger partial charge in [0.2, 0.25) is 0 Å². The number of benzene rings is 1. The molecule has 1 aromatic carbocycles. The first-order valence-electron chi connectivity index (χ1n) is 4.85. The van der Waals surface area contributed by atoms with E-state index < -0.39 is 6.09 Å². The highest BCUT2D eigenvalue weighted by molar-refractivity contribution is 6.33. The van der Waals surface area contributed by atoms with Gasteiger partial charge in [0.05, 0.1) is 10.7 Å². The van der Waals surface area contributed by atoms with Crippen molar-refractivity contribution in [3.05, 3.63) is 29.3 Å². The maximum atomic E-state index is 11.3. The van der Waals surface area contributed by atoms with Crippen LogP contribution in [-0.4, -0.2) is 12.2 Å². The molecule has 1 amide bonds. The molecular weight excluding hydrogens is 214 g/mol. The van der Waals surface area contributed by atoms with Crippen LogP contribution in [0.3, 0.4) is 0 Å². The lowest BCUT2D eigenvalue weighted by Gasteiger charge is -2.12. The van der Waals surface area contributed by atoms with Gasteiger partial charge in [-0.2, -0.15) is 0 Å². The number of rotatable bonds is 3. The van der Waals surface area contributed by atoms with Gasteiger partial charge >= 0.3 is 6.09 Å². The summed E-state index contributed by atoms with van der Waals surface area (Å²) in [5, 5.41) is 3.08. The van der Waals surface area contributed by atoms with E-state index in [1.54, 1.807) is 24.3 Å². The second-order valence-electron chi connectivity index (χ2n) is 3.23. The third-order valence-electron chi connectivity index (χ3n) is 1.99. The van der Waals surface area contributed by atoms with Crippen LogP contribution in [0.2, 0.25) is 5.02 Å². The summed E-state index contributed by atoms with van der Waals surface area (Å²) in [5.74, 6) is 0. The van der Waals surface area contributed by atoms with E-state index in [9.17, 15) is 4.79 Å². The Kier molecular flexibility index (Phi) is 4.43. The Bertz CT molecular complexity index is 341. The van der Waals surface area contributed by atoms with Crippen molar-refractivity contribution in [1.82, 2.24) is 0 Å². The van der Waals surface area contributed by atoms with Crippen molar-refractivity contribution in [2.75, 3.05) is 5.32 Å². The fourth-order valence-corrected chi connectivity index (χ4v) is 1.15. The lowest BCUT2D eigenvalue weighted by atomic mass is 10.3. The van der Waals surface area contributed by atoms with Crippen molar-refractivity contribution in [3.63, 3.8) is 0 Å². The van der Waals surface area contributed by atoms with Gasteiger partial charge in [-0.05, 0) is 25.5 Å². The Balaban J connectivity index is 2.55. The summed E-state index contributed by atoms with van der Waals surface area (Å²) in [4.78, 5) is 11.3. The molecule has 15 heavy (non-hydrogen) atoms. The predicted octanol–water partition coefficient (Wildman–Crippen LogP) is 3.69. The van der Waals surface area contributed by atoms with Crippen molar-refractivity contribution in [2.45, 2.75) is 26.4 Å². The molecule has 1 N–H and O–H groups in total. The van der Waals surface area contributed by atoms with Gasteiger partial charge in [-0.1, -0.05) is 30.7 Å². The highest BCUT2D eigenvalue weighted by Crippen LogP contribution is 2.20. The quantitative estimate of drug-likeness (QED) is 0.855. The summed E-state index contributed by atoms with van der Waals surface area (Å²) in [6.07, 6.45) is 0.223. The minimum atomic E-state index is -0.475. The molecule has 0 saturated heterocycles. The second-order valence-corrected chi connectivity index (χ2v) is 3.64. The number of hydrogen-bond donors (Lipinski definition) is 1. The van der Waals surface area contributed by atoms with Gasteiger partial charge in [0.15, 0.2) is 0 Å². The number of carbonyl (C=O) groups excluding carboxylic acids is 1. The average molecular weight is 228 g/mol. The van der Waals surface area contributed by atoms with E-state index in [1.807, 2.05) is 13.8 Å². The predicted molar refractivity (Wildman–Crippen MR) is 61.3 cm³/mol. The average Bonchev–Trinajstić information content (AvgIpc) is 2.21. The molecule has 0 spiro atoms. The van der Waals surface area contributed by atoms with Gasteiger partial charge < -0.3 is 4.74 Å². The monoisotopic (exact) mass is 227 g/mol. The van der Waals surface area contributed by atoms with E-state index in [2.05, 4.69) is 5.32 Å². The van der Waals surface area contributed by atoms with Crippen molar-refractivity contribution in [3.8, 4) is 0 Å². The SMILES string of the molecule is CC[C@H](C)OC(=O)Nc1ccccc1Cl. The first-order chi connectivity index (χ1) is 7.13. The molecule has 3 nitrogen and oxygen atoms in total. The number of amides is 1. The minimum Gasteiger partial charge on any atom is -0.446 e. The summed E-state index contributed by atoms with van der Waals surface area (Å²) in [7, 11) is 0. The lowest BCUT2D eigenvalue weighted by Crippen LogP contribution is -2.19. The van der Waals surface area contributed by atoms with Gasteiger partial charge in [-0.15, -0.1) is 0 Å². The zero-order chi connectivity index (χ0) is 11.3. The summed E-state index contributed by atoms with van der Waals surface area (Å²) < 4.78 is 5.05. The van der Waals surface area contributed by atoms with Gasteiger partial charge in [-0.3, -0.25) is 5.32 Å². The van der Waals surface area contributed by atoms with Gasteiger partial charge in [-0.25, -0.2) is 4.79 Å². The Labute approximate surface area is 94.4 Å². The highest BCUT2D eigenvalue weighted by atomic mass is 35.5. The number of halogens is 1. The van der Waals surface area contributed by atoms with E-state index in [0.29, 0.717) is 10.7 Å². The second kappa shape index (κ2) is 5.61. The summed E-state index contributed by atoms with van der Waals surface area (Å²) in [6, 6.07) is 7.03. The summed E-state index contributed by atoms with van der Waals surface area (Å²) >= 11 is 5.87. The molecular formula is C11H14ClNO2. The van der Waals surface area contributed by atoms with Gasteiger partial charge in [0.25, 0.3) is 0 Å². The Morgan fingerprint density at radius 3 is 2.80 bits per heavy atom. The normalized spacial score (nSPS) is 11.9. The van der Waals surface area contributed by atoms with Crippen LogP contribution < -0.4 is 5.32 Å². The molecule has 0 saturated carbocycles. The number of ether oxygens (including phenoxy) is 1. The van der Waals surface area contributed by atoms with Crippen LogP contribution in [0.4, 0.5) is 10.5 Å². The fourth-order valence-electron chi connectivity index (χ4n) is 0.968. The van der Waals surface area contributed by atoms with E-state index >= 15 is 0 Å². The Morgan fingerprint density at radius 1 is 1.53 bits per heavy atom. The Hall–Kier alpha value is -1.22. The first-order valence-corrected chi connectivity index (χ1v) is 5.23. The third-order valence-corrected chi connectivity index (χ3v) is 2.32. The zero-order valence-electron chi connectivity index (χ0n) is 8.79. The maximum absolute atomic E-state index is 11.3. The molecule has 0 aliphatic carbocycles.